The van der Waals surface area contributed by atoms with E-state index < -0.39 is 11.6 Å². The van der Waals surface area contributed by atoms with E-state index in [9.17, 15) is 9.59 Å². The molecule has 3 rings (SSSR count). The molecule has 0 spiro atoms. The Morgan fingerprint density at radius 2 is 1.79 bits per heavy atom. The highest BCUT2D eigenvalue weighted by Crippen LogP contribution is 2.17. The summed E-state index contributed by atoms with van der Waals surface area (Å²) in [6, 6.07) is 6.91. The molecule has 3 heterocycles. The summed E-state index contributed by atoms with van der Waals surface area (Å²) in [6.45, 7) is 5.44. The van der Waals surface area contributed by atoms with Crippen LogP contribution >= 0.6 is 31.9 Å². The van der Waals surface area contributed by atoms with Gasteiger partial charge in [0.05, 0.1) is 0 Å². The lowest BCUT2D eigenvalue weighted by molar-refractivity contribution is -0.148. The van der Waals surface area contributed by atoms with Crippen LogP contribution < -0.4 is 11.3 Å². The number of carbonyl (C=O) groups excluding carboxylic acids is 1. The summed E-state index contributed by atoms with van der Waals surface area (Å²) >= 11 is 6.58. The number of nitrogens with two attached hydrogens (primary N) is 1. The van der Waals surface area contributed by atoms with Gasteiger partial charge >= 0.3 is 5.97 Å². The van der Waals surface area contributed by atoms with Gasteiger partial charge < -0.3 is 15.5 Å². The molecular weight excluding hydrogens is 504 g/mol. The van der Waals surface area contributed by atoms with Gasteiger partial charge in [0.1, 0.15) is 17.1 Å². The van der Waals surface area contributed by atoms with Gasteiger partial charge in [0.2, 0.25) is 5.56 Å². The molecule has 3 aromatic rings. The lowest BCUT2D eigenvalue weighted by Crippen LogP contribution is -2.22. The summed E-state index contributed by atoms with van der Waals surface area (Å²) in [5, 5.41) is 0.920. The highest BCUT2D eigenvalue weighted by molar-refractivity contribution is 9.10. The van der Waals surface area contributed by atoms with Gasteiger partial charge in [-0.2, -0.15) is 0 Å². The molecule has 0 amide bonds. The van der Waals surface area contributed by atoms with E-state index in [2.05, 4.69) is 46.8 Å². The second kappa shape index (κ2) is 9.80. The number of carbonyl (C=O) groups is 1. The third-order valence-electron chi connectivity index (χ3n) is 3.26. The van der Waals surface area contributed by atoms with Gasteiger partial charge in [-0.15, -0.1) is 0 Å². The minimum atomic E-state index is -0.498. The van der Waals surface area contributed by atoms with Gasteiger partial charge in [-0.3, -0.25) is 4.79 Å². The molecule has 29 heavy (non-hydrogen) atoms. The Bertz CT molecular complexity index is 1100. The molecule has 0 atom stereocenters. The van der Waals surface area contributed by atoms with Crippen LogP contribution in [0.25, 0.3) is 17.1 Å². The van der Waals surface area contributed by atoms with Crippen LogP contribution in [0, 0.1) is 0 Å². The molecule has 7 nitrogen and oxygen atoms in total. The average Bonchev–Trinajstić information content (AvgIpc) is 2.62. The van der Waals surface area contributed by atoms with Gasteiger partial charge in [0, 0.05) is 44.4 Å². The van der Waals surface area contributed by atoms with Crippen molar-refractivity contribution in [2.75, 3.05) is 5.73 Å². The zero-order valence-corrected chi connectivity index (χ0v) is 19.2. The minimum Gasteiger partial charge on any atom is -0.457 e. The molecule has 0 saturated heterocycles. The van der Waals surface area contributed by atoms with Crippen LogP contribution in [0.5, 0.6) is 0 Å². The Kier molecular flexibility index (Phi) is 7.69. The van der Waals surface area contributed by atoms with Crippen molar-refractivity contribution in [1.29, 1.82) is 0 Å². The van der Waals surface area contributed by atoms with Crippen LogP contribution in [0.3, 0.4) is 0 Å². The lowest BCUT2D eigenvalue weighted by atomic mass is 10.2. The fraction of sp³-hybridized carbons (Fsp3) is 0.200. The zero-order valence-electron chi connectivity index (χ0n) is 16.1. The van der Waals surface area contributed by atoms with Crippen LogP contribution in [0.15, 0.2) is 56.5 Å². The van der Waals surface area contributed by atoms with Crippen LogP contribution in [-0.4, -0.2) is 26.5 Å². The summed E-state index contributed by atoms with van der Waals surface area (Å²) in [5.74, 6) is -0.0371. The van der Waals surface area contributed by atoms with Crippen LogP contribution in [0.4, 0.5) is 5.82 Å². The molecule has 0 unspecified atom stereocenters. The predicted molar refractivity (Wildman–Crippen MR) is 121 cm³/mol. The summed E-state index contributed by atoms with van der Waals surface area (Å²) in [6.07, 6.45) is 6.17. The van der Waals surface area contributed by atoms with Crippen LogP contribution in [0.2, 0.25) is 0 Å². The number of halogens is 2. The largest absolute Gasteiger partial charge is 0.457 e. The van der Waals surface area contributed by atoms with Crippen LogP contribution in [0.1, 0.15) is 26.3 Å². The Hall–Kier alpha value is -2.52. The van der Waals surface area contributed by atoms with E-state index >= 15 is 0 Å². The third-order valence-corrected chi connectivity index (χ3v) is 4.13. The normalized spacial score (nSPS) is 11.2. The Labute approximate surface area is 184 Å². The number of rotatable bonds is 2. The lowest BCUT2D eigenvalue weighted by Gasteiger charge is -2.17. The summed E-state index contributed by atoms with van der Waals surface area (Å²) < 4.78 is 6.84. The number of H-pyrrole nitrogens is 1. The number of fused-ring (bicyclic) bond motifs is 1. The van der Waals surface area contributed by atoms with Gasteiger partial charge in [-0.25, -0.2) is 14.8 Å². The van der Waals surface area contributed by atoms with Crippen molar-refractivity contribution in [2.45, 2.75) is 26.4 Å². The maximum Gasteiger partial charge on any atom is 0.331 e. The fourth-order valence-corrected chi connectivity index (χ4v) is 2.80. The van der Waals surface area contributed by atoms with E-state index in [4.69, 9.17) is 10.5 Å². The van der Waals surface area contributed by atoms with Crippen molar-refractivity contribution >= 4 is 60.8 Å². The van der Waals surface area contributed by atoms with E-state index in [0.29, 0.717) is 17.0 Å². The van der Waals surface area contributed by atoms with Gasteiger partial charge in [0.15, 0.2) is 0 Å². The number of esters is 1. The van der Waals surface area contributed by atoms with Gasteiger partial charge in [-0.1, -0.05) is 0 Å². The average molecular weight is 524 g/mol. The number of aromatic nitrogens is 3. The third kappa shape index (κ3) is 7.78. The molecule has 3 aromatic heterocycles. The smallest absolute Gasteiger partial charge is 0.331 e. The Morgan fingerprint density at radius 1 is 1.14 bits per heavy atom. The standard InChI is InChI=1S/C12H15BrN2O2.C8H5BrN2O/c1-12(2,3)17-10(16)5-4-8-6-9(13)7-15-11(8)14;9-6-3-5-1-2-7(12)11-8(5)10-4-6/h4-7H,1-3H3,(H2,14,15);1-4H,(H,10,11,12)/b5-4+;. The topological polar surface area (TPSA) is 111 Å². The second-order valence-electron chi connectivity index (χ2n) is 6.91. The molecule has 0 saturated carbocycles. The van der Waals surface area contributed by atoms with Crippen LogP contribution in [-0.2, 0) is 9.53 Å². The van der Waals surface area contributed by atoms with Crippen molar-refractivity contribution in [3.8, 4) is 0 Å². The molecule has 152 valence electrons. The minimum absolute atomic E-state index is 0.127. The Morgan fingerprint density at radius 3 is 2.48 bits per heavy atom. The van der Waals surface area contributed by atoms with E-state index in [-0.39, 0.29) is 5.56 Å². The number of ether oxygens (including phenoxy) is 1. The maximum atomic E-state index is 11.4. The molecule has 0 aliphatic heterocycles. The van der Waals surface area contributed by atoms with Gasteiger partial charge in [0.25, 0.3) is 0 Å². The first kappa shape index (κ1) is 22.8. The molecule has 0 aromatic carbocycles. The van der Waals surface area contributed by atoms with Crippen molar-refractivity contribution in [2.24, 2.45) is 0 Å². The number of nitrogens with one attached hydrogen (secondary N) is 1. The number of anilines is 1. The SMILES string of the molecule is CC(C)(C)OC(=O)/C=C/c1cc(Br)cnc1N.O=c1ccc2cc(Br)cnc2[nH]1. The summed E-state index contributed by atoms with van der Waals surface area (Å²) in [4.78, 5) is 32.9. The molecular formula is C20H20Br2N4O3. The monoisotopic (exact) mass is 522 g/mol. The molecule has 9 heteroatoms. The maximum absolute atomic E-state index is 11.4. The van der Waals surface area contributed by atoms with E-state index in [0.717, 1.165) is 14.3 Å². The molecule has 3 N–H and O–H groups in total. The quantitative estimate of drug-likeness (QED) is 0.378. The zero-order chi connectivity index (χ0) is 21.6. The summed E-state index contributed by atoms with van der Waals surface area (Å²) in [5.41, 5.74) is 6.33. The number of aromatic amines is 1. The highest BCUT2D eigenvalue weighted by Gasteiger charge is 2.13. The molecule has 0 radical (unpaired) electrons. The molecule has 0 fully saturated rings. The van der Waals surface area contributed by atoms with Crippen molar-refractivity contribution in [1.82, 2.24) is 15.0 Å². The first-order valence-corrected chi connectivity index (χ1v) is 10.1. The number of nitrogens with zero attached hydrogens (tertiary/aromatic N) is 2. The first-order chi connectivity index (χ1) is 13.5. The predicted octanol–water partition coefficient (Wildman–Crippen LogP) is 4.47. The molecule has 0 bridgehead atoms. The van der Waals surface area contributed by atoms with E-state index in [1.54, 1.807) is 30.6 Å². The van der Waals surface area contributed by atoms with Crippen molar-refractivity contribution in [3.05, 3.63) is 67.6 Å². The second-order valence-corrected chi connectivity index (χ2v) is 8.74. The van der Waals surface area contributed by atoms with Crippen molar-refractivity contribution < 1.29 is 9.53 Å². The Balaban J connectivity index is 0.000000218. The number of nitrogen functional groups attached to an aromatic ring is 1. The fourth-order valence-electron chi connectivity index (χ4n) is 2.10. The van der Waals surface area contributed by atoms with E-state index in [1.165, 1.54) is 12.1 Å². The number of pyridine rings is 3. The van der Waals surface area contributed by atoms with E-state index in [1.807, 2.05) is 26.8 Å². The summed E-state index contributed by atoms with van der Waals surface area (Å²) in [7, 11) is 0. The molecule has 0 aliphatic carbocycles. The van der Waals surface area contributed by atoms with Crippen molar-refractivity contribution in [3.63, 3.8) is 0 Å². The number of hydrogen-bond acceptors (Lipinski definition) is 6. The first-order valence-electron chi connectivity index (χ1n) is 8.50. The molecule has 0 aliphatic rings. The van der Waals surface area contributed by atoms with Gasteiger partial charge in [-0.05, 0) is 76.9 Å². The highest BCUT2D eigenvalue weighted by atomic mass is 79.9. The number of hydrogen-bond donors (Lipinski definition) is 2.